The van der Waals surface area contributed by atoms with Crippen molar-refractivity contribution in [1.82, 2.24) is 0 Å². The van der Waals surface area contributed by atoms with Gasteiger partial charge < -0.3 is 14.2 Å². The first-order valence-electron chi connectivity index (χ1n) is 20.4. The first-order valence-corrected chi connectivity index (χ1v) is 20.4. The fourth-order valence-corrected chi connectivity index (χ4v) is 5.12. The zero-order chi connectivity index (χ0) is 37.3. The van der Waals surface area contributed by atoms with Gasteiger partial charge in [0.05, 0.1) is 6.42 Å². The van der Waals surface area contributed by atoms with E-state index in [1.165, 1.54) is 64.2 Å². The standard InChI is InChI=1S/C45H74O6/c1-4-7-10-13-16-19-21-22-24-26-29-32-35-38-44(47)50-41-42(40-49-43(46)37-34-31-28-25-18-15-12-9-6-3)51-45(48)39-36-33-30-27-23-20-17-14-11-8-5-2/h9,12,14,17-18,22,24-25,29,31-32,34,42H,4-8,10-11,13,15-16,19-21,23,26-28,30,33,35-41H2,1-3H3/b12-9-,17-14-,24-22-,25-18-,32-29-,34-31-. The molecule has 0 aliphatic carbocycles. The van der Waals surface area contributed by atoms with Crippen LogP contribution in [0.5, 0.6) is 0 Å². The van der Waals surface area contributed by atoms with Gasteiger partial charge in [-0.05, 0) is 70.6 Å². The molecule has 0 amide bonds. The molecule has 6 nitrogen and oxygen atoms in total. The smallest absolute Gasteiger partial charge is 0.309 e. The minimum Gasteiger partial charge on any atom is -0.462 e. The summed E-state index contributed by atoms with van der Waals surface area (Å²) in [5.74, 6) is -1.15. The van der Waals surface area contributed by atoms with Gasteiger partial charge in [-0.25, -0.2) is 0 Å². The fraction of sp³-hybridized carbons (Fsp3) is 0.667. The third-order valence-electron chi connectivity index (χ3n) is 8.21. The molecule has 1 unspecified atom stereocenters. The minimum absolute atomic E-state index is 0.124. The van der Waals surface area contributed by atoms with E-state index < -0.39 is 12.1 Å². The van der Waals surface area contributed by atoms with Crippen molar-refractivity contribution >= 4 is 17.9 Å². The van der Waals surface area contributed by atoms with Crippen molar-refractivity contribution in [3.05, 3.63) is 72.9 Å². The van der Waals surface area contributed by atoms with Crippen molar-refractivity contribution in [2.24, 2.45) is 0 Å². The highest BCUT2D eigenvalue weighted by Crippen LogP contribution is 2.11. The van der Waals surface area contributed by atoms with Crippen molar-refractivity contribution in [2.75, 3.05) is 13.2 Å². The second-order valence-corrected chi connectivity index (χ2v) is 13.2. The van der Waals surface area contributed by atoms with Crippen molar-refractivity contribution in [3.63, 3.8) is 0 Å². The Balaban J connectivity index is 4.55. The molecule has 1 atom stereocenters. The molecule has 0 aliphatic heterocycles. The van der Waals surface area contributed by atoms with Crippen LogP contribution in [0.1, 0.15) is 175 Å². The van der Waals surface area contributed by atoms with Crippen LogP contribution in [0.3, 0.4) is 0 Å². The van der Waals surface area contributed by atoms with E-state index in [9.17, 15) is 14.4 Å². The molecular weight excluding hydrogens is 636 g/mol. The molecule has 0 aliphatic rings. The number of hydrogen-bond donors (Lipinski definition) is 0. The lowest BCUT2D eigenvalue weighted by Crippen LogP contribution is -2.30. The van der Waals surface area contributed by atoms with Crippen LogP contribution in [0.2, 0.25) is 0 Å². The maximum absolute atomic E-state index is 12.6. The molecule has 0 fully saturated rings. The molecule has 0 aromatic carbocycles. The Morgan fingerprint density at radius 3 is 1.53 bits per heavy atom. The molecule has 0 N–H and O–H groups in total. The Labute approximate surface area is 312 Å². The summed E-state index contributed by atoms with van der Waals surface area (Å²) in [7, 11) is 0. The molecule has 0 spiro atoms. The predicted molar refractivity (Wildman–Crippen MR) is 214 cm³/mol. The Morgan fingerprint density at radius 1 is 0.431 bits per heavy atom. The van der Waals surface area contributed by atoms with E-state index in [1.807, 2.05) is 12.2 Å². The normalized spacial score (nSPS) is 12.8. The van der Waals surface area contributed by atoms with Crippen molar-refractivity contribution < 1.29 is 28.6 Å². The number of unbranched alkanes of at least 4 members (excludes halogenated alkanes) is 13. The molecule has 0 aromatic heterocycles. The highest BCUT2D eigenvalue weighted by Gasteiger charge is 2.19. The lowest BCUT2D eigenvalue weighted by atomic mass is 10.1. The summed E-state index contributed by atoms with van der Waals surface area (Å²) in [5.41, 5.74) is 0. The van der Waals surface area contributed by atoms with Crippen LogP contribution in [-0.4, -0.2) is 37.2 Å². The zero-order valence-electron chi connectivity index (χ0n) is 32.8. The number of esters is 3. The van der Waals surface area contributed by atoms with E-state index >= 15 is 0 Å². The number of allylic oxidation sites excluding steroid dienone is 11. The van der Waals surface area contributed by atoms with Crippen molar-refractivity contribution in [1.29, 1.82) is 0 Å². The van der Waals surface area contributed by atoms with Gasteiger partial charge in [0.2, 0.25) is 0 Å². The van der Waals surface area contributed by atoms with E-state index in [-0.39, 0.29) is 44.4 Å². The second-order valence-electron chi connectivity index (χ2n) is 13.2. The van der Waals surface area contributed by atoms with E-state index in [4.69, 9.17) is 14.2 Å². The Kier molecular flexibility index (Phi) is 37.2. The maximum atomic E-state index is 12.6. The van der Waals surface area contributed by atoms with Crippen LogP contribution >= 0.6 is 0 Å². The van der Waals surface area contributed by atoms with Gasteiger partial charge in [-0.1, -0.05) is 158 Å². The molecule has 0 bridgehead atoms. The van der Waals surface area contributed by atoms with Gasteiger partial charge in [0.25, 0.3) is 0 Å². The highest BCUT2D eigenvalue weighted by molar-refractivity contribution is 5.72. The van der Waals surface area contributed by atoms with Crippen LogP contribution in [0.15, 0.2) is 72.9 Å². The second kappa shape index (κ2) is 39.6. The highest BCUT2D eigenvalue weighted by atomic mass is 16.6. The van der Waals surface area contributed by atoms with Gasteiger partial charge in [0, 0.05) is 12.8 Å². The average Bonchev–Trinajstić information content (AvgIpc) is 3.12. The van der Waals surface area contributed by atoms with Gasteiger partial charge in [-0.15, -0.1) is 0 Å². The molecule has 0 saturated heterocycles. The Bertz CT molecular complexity index is 1000. The first kappa shape index (κ1) is 47.8. The van der Waals surface area contributed by atoms with Crippen LogP contribution in [0, 0.1) is 0 Å². The van der Waals surface area contributed by atoms with Gasteiger partial charge >= 0.3 is 17.9 Å². The molecule has 0 heterocycles. The molecule has 290 valence electrons. The summed E-state index contributed by atoms with van der Waals surface area (Å²) < 4.78 is 16.4. The third kappa shape index (κ3) is 37.9. The summed E-state index contributed by atoms with van der Waals surface area (Å²) in [6, 6.07) is 0. The summed E-state index contributed by atoms with van der Waals surface area (Å²) in [5, 5.41) is 0. The number of hydrogen-bond acceptors (Lipinski definition) is 6. The predicted octanol–water partition coefficient (Wildman–Crippen LogP) is 12.7. The molecular formula is C45H74O6. The van der Waals surface area contributed by atoms with Crippen LogP contribution < -0.4 is 0 Å². The summed E-state index contributed by atoms with van der Waals surface area (Å²) >= 11 is 0. The van der Waals surface area contributed by atoms with Gasteiger partial charge in [-0.2, -0.15) is 0 Å². The van der Waals surface area contributed by atoms with Gasteiger partial charge in [-0.3, -0.25) is 14.4 Å². The molecule has 0 radical (unpaired) electrons. The third-order valence-corrected chi connectivity index (χ3v) is 8.21. The van der Waals surface area contributed by atoms with E-state index in [2.05, 4.69) is 75.5 Å². The van der Waals surface area contributed by atoms with Gasteiger partial charge in [0.1, 0.15) is 13.2 Å². The lowest BCUT2D eigenvalue weighted by Gasteiger charge is -2.18. The SMILES string of the molecule is CC/C=C\C/C=C\C/C=C\CC(=O)OCC(COC(=O)CC/C=C\C/C=C\CCCCCCCC)OC(=O)CCCCCCC/C=C\CCCC. The van der Waals surface area contributed by atoms with E-state index in [1.54, 1.807) is 6.08 Å². The average molecular weight is 711 g/mol. The first-order chi connectivity index (χ1) is 25.0. The van der Waals surface area contributed by atoms with Gasteiger partial charge in [0.15, 0.2) is 6.10 Å². The van der Waals surface area contributed by atoms with E-state index in [0.717, 1.165) is 64.2 Å². The molecule has 0 aromatic rings. The Hall–Kier alpha value is -3.15. The topological polar surface area (TPSA) is 78.9 Å². The number of ether oxygens (including phenoxy) is 3. The minimum atomic E-state index is -0.833. The molecule has 51 heavy (non-hydrogen) atoms. The number of carbonyl (C=O) groups excluding carboxylic acids is 3. The lowest BCUT2D eigenvalue weighted by molar-refractivity contribution is -0.166. The van der Waals surface area contributed by atoms with Crippen molar-refractivity contribution in [2.45, 2.75) is 181 Å². The largest absolute Gasteiger partial charge is 0.462 e. The quantitative estimate of drug-likeness (QED) is 0.0282. The fourth-order valence-electron chi connectivity index (χ4n) is 5.12. The van der Waals surface area contributed by atoms with Crippen LogP contribution in [-0.2, 0) is 28.6 Å². The Morgan fingerprint density at radius 2 is 0.902 bits per heavy atom. The van der Waals surface area contributed by atoms with E-state index in [0.29, 0.717) is 6.42 Å². The zero-order valence-corrected chi connectivity index (χ0v) is 32.8. The summed E-state index contributed by atoms with van der Waals surface area (Å²) in [6.45, 7) is 6.27. The molecule has 6 heteroatoms. The summed E-state index contributed by atoms with van der Waals surface area (Å²) in [6.07, 6.45) is 47.9. The van der Waals surface area contributed by atoms with Crippen LogP contribution in [0.4, 0.5) is 0 Å². The monoisotopic (exact) mass is 711 g/mol. The number of carbonyl (C=O) groups is 3. The molecule has 0 saturated carbocycles. The summed E-state index contributed by atoms with van der Waals surface area (Å²) in [4.78, 5) is 37.4. The maximum Gasteiger partial charge on any atom is 0.309 e. The van der Waals surface area contributed by atoms with Crippen molar-refractivity contribution in [3.8, 4) is 0 Å². The number of rotatable bonds is 35. The molecule has 0 rings (SSSR count). The van der Waals surface area contributed by atoms with Crippen LogP contribution in [0.25, 0.3) is 0 Å².